The lowest BCUT2D eigenvalue weighted by Crippen LogP contribution is -2.45. The molecule has 0 amide bonds. The molecule has 0 atom stereocenters. The van der Waals surface area contributed by atoms with Crippen LogP contribution in [-0.2, 0) is 23.1 Å². The SMILES string of the molecule is Fc1ccc(C2(CNC(=S)Nc3nc(Sc4ncccn4)cc(N4CCc5ccccc5C4)n3)CCOCC2)cc1. The Hall–Kier alpha value is -3.67. The Morgan fingerprint density at radius 3 is 2.54 bits per heavy atom. The van der Waals surface area contributed by atoms with E-state index in [4.69, 9.17) is 26.9 Å². The first kappa shape index (κ1) is 27.5. The van der Waals surface area contributed by atoms with E-state index in [9.17, 15) is 4.39 Å². The minimum Gasteiger partial charge on any atom is -0.381 e. The van der Waals surface area contributed by atoms with Crippen molar-refractivity contribution in [1.82, 2.24) is 25.3 Å². The van der Waals surface area contributed by atoms with Gasteiger partial charge >= 0.3 is 0 Å². The van der Waals surface area contributed by atoms with E-state index in [2.05, 4.69) is 49.8 Å². The molecule has 2 aliphatic rings. The maximum atomic E-state index is 13.6. The fourth-order valence-corrected chi connectivity index (χ4v) is 6.21. The van der Waals surface area contributed by atoms with Gasteiger partial charge in [-0.3, -0.25) is 0 Å². The fraction of sp³-hybridized carbons (Fsp3) is 0.300. The molecule has 2 aromatic carbocycles. The molecule has 0 spiro atoms. The van der Waals surface area contributed by atoms with Crippen LogP contribution in [0.4, 0.5) is 16.2 Å². The van der Waals surface area contributed by atoms with E-state index in [1.54, 1.807) is 18.5 Å². The lowest BCUT2D eigenvalue weighted by atomic mass is 9.74. The van der Waals surface area contributed by atoms with Gasteiger partial charge < -0.3 is 20.3 Å². The Labute approximate surface area is 248 Å². The first-order valence-corrected chi connectivity index (χ1v) is 14.8. The predicted molar refractivity (Wildman–Crippen MR) is 162 cm³/mol. The van der Waals surface area contributed by atoms with Crippen LogP contribution in [0.25, 0.3) is 0 Å². The second-order valence-corrected chi connectivity index (χ2v) is 11.6. The predicted octanol–water partition coefficient (Wildman–Crippen LogP) is 5.15. The highest BCUT2D eigenvalue weighted by atomic mass is 32.2. The van der Waals surface area contributed by atoms with Crippen LogP contribution in [0, 0.1) is 5.82 Å². The van der Waals surface area contributed by atoms with Crippen molar-refractivity contribution >= 4 is 40.9 Å². The van der Waals surface area contributed by atoms with E-state index < -0.39 is 0 Å². The zero-order valence-corrected chi connectivity index (χ0v) is 24.1. The molecule has 1 fully saturated rings. The van der Waals surface area contributed by atoms with Crippen molar-refractivity contribution < 1.29 is 9.13 Å². The molecular weight excluding hydrogens is 558 g/mol. The molecule has 2 N–H and O–H groups in total. The number of benzene rings is 2. The van der Waals surface area contributed by atoms with Gasteiger partial charge in [-0.25, -0.2) is 19.3 Å². The molecule has 4 aromatic rings. The van der Waals surface area contributed by atoms with Gasteiger partial charge in [0.05, 0.1) is 0 Å². The smallest absolute Gasteiger partial charge is 0.232 e. The summed E-state index contributed by atoms with van der Waals surface area (Å²) in [5.74, 6) is 0.968. The summed E-state index contributed by atoms with van der Waals surface area (Å²) in [5.41, 5.74) is 3.53. The summed E-state index contributed by atoms with van der Waals surface area (Å²) >= 11 is 7.09. The van der Waals surface area contributed by atoms with Crippen LogP contribution in [0.1, 0.15) is 29.5 Å². The summed E-state index contributed by atoms with van der Waals surface area (Å²) in [7, 11) is 0. The van der Waals surface area contributed by atoms with Gasteiger partial charge in [0.15, 0.2) is 10.3 Å². The number of aromatic nitrogens is 4. The molecule has 2 aromatic heterocycles. The van der Waals surface area contributed by atoms with Crippen molar-refractivity contribution in [3.05, 3.63) is 95.6 Å². The largest absolute Gasteiger partial charge is 0.381 e. The second-order valence-electron chi connectivity index (χ2n) is 10.2. The minimum atomic E-state index is -0.245. The second kappa shape index (κ2) is 12.5. The van der Waals surface area contributed by atoms with Crippen molar-refractivity contribution in [2.75, 3.05) is 36.5 Å². The van der Waals surface area contributed by atoms with Gasteiger partial charge in [0.2, 0.25) is 5.95 Å². The average Bonchev–Trinajstić information content (AvgIpc) is 3.01. The Morgan fingerprint density at radius 2 is 1.76 bits per heavy atom. The number of hydrogen-bond donors (Lipinski definition) is 2. The molecule has 0 bridgehead atoms. The third kappa shape index (κ3) is 6.64. The van der Waals surface area contributed by atoms with Gasteiger partial charge in [0, 0.05) is 56.7 Å². The summed E-state index contributed by atoms with van der Waals surface area (Å²) in [6.07, 6.45) is 6.00. The van der Waals surface area contributed by atoms with Crippen LogP contribution < -0.4 is 15.5 Å². The molecule has 0 saturated carbocycles. The molecule has 41 heavy (non-hydrogen) atoms. The molecular formula is C30H30FN7OS2. The molecule has 1 saturated heterocycles. The van der Waals surface area contributed by atoms with Crippen LogP contribution in [0.3, 0.4) is 0 Å². The first-order valence-electron chi connectivity index (χ1n) is 13.6. The monoisotopic (exact) mass is 587 g/mol. The zero-order valence-electron chi connectivity index (χ0n) is 22.4. The van der Waals surface area contributed by atoms with E-state index in [1.807, 2.05) is 18.2 Å². The van der Waals surface area contributed by atoms with Crippen LogP contribution in [0.15, 0.2) is 83.2 Å². The molecule has 0 unspecified atom stereocenters. The number of nitrogens with one attached hydrogen (secondary N) is 2. The molecule has 2 aliphatic heterocycles. The van der Waals surface area contributed by atoms with E-state index in [1.165, 1.54) is 35.0 Å². The first-order chi connectivity index (χ1) is 20.1. The molecule has 8 nitrogen and oxygen atoms in total. The van der Waals surface area contributed by atoms with Gasteiger partial charge in [0.1, 0.15) is 16.7 Å². The maximum Gasteiger partial charge on any atom is 0.232 e. The third-order valence-corrected chi connectivity index (χ3v) is 8.66. The van der Waals surface area contributed by atoms with Gasteiger partial charge in [-0.05, 0) is 78.1 Å². The summed E-state index contributed by atoms with van der Waals surface area (Å²) < 4.78 is 19.3. The maximum absolute atomic E-state index is 13.6. The van der Waals surface area contributed by atoms with Crippen LogP contribution >= 0.6 is 24.0 Å². The number of thiocarbonyl (C=S) groups is 1. The Balaban J connectivity index is 1.21. The molecule has 0 aliphatic carbocycles. The molecule has 210 valence electrons. The van der Waals surface area contributed by atoms with Crippen molar-refractivity contribution in [1.29, 1.82) is 0 Å². The van der Waals surface area contributed by atoms with Crippen molar-refractivity contribution in [2.45, 2.75) is 41.4 Å². The van der Waals surface area contributed by atoms with Gasteiger partial charge in [-0.2, -0.15) is 4.98 Å². The summed E-state index contributed by atoms with van der Waals surface area (Å²) in [4.78, 5) is 20.5. The molecule has 6 rings (SSSR count). The Morgan fingerprint density at radius 1 is 1.00 bits per heavy atom. The number of anilines is 2. The van der Waals surface area contributed by atoms with Gasteiger partial charge in [-0.15, -0.1) is 0 Å². The fourth-order valence-electron chi connectivity index (χ4n) is 5.33. The Kier molecular flexibility index (Phi) is 8.36. The summed E-state index contributed by atoms with van der Waals surface area (Å²) in [6.45, 7) is 3.49. The lowest BCUT2D eigenvalue weighted by molar-refractivity contribution is 0.0515. The summed E-state index contributed by atoms with van der Waals surface area (Å²) in [5, 5.41) is 8.34. The third-order valence-electron chi connectivity index (χ3n) is 7.60. The highest BCUT2D eigenvalue weighted by Gasteiger charge is 2.34. The topological polar surface area (TPSA) is 88.1 Å². The molecule has 4 heterocycles. The molecule has 0 radical (unpaired) electrons. The quantitative estimate of drug-likeness (QED) is 0.172. The Bertz CT molecular complexity index is 1500. The van der Waals surface area contributed by atoms with Crippen molar-refractivity contribution in [3.63, 3.8) is 0 Å². The van der Waals surface area contributed by atoms with Crippen molar-refractivity contribution in [2.24, 2.45) is 0 Å². The average molecular weight is 588 g/mol. The number of fused-ring (bicyclic) bond motifs is 1. The van der Waals surface area contributed by atoms with Crippen LogP contribution in [0.5, 0.6) is 0 Å². The highest BCUT2D eigenvalue weighted by Crippen LogP contribution is 2.35. The number of hydrogen-bond acceptors (Lipinski definition) is 8. The minimum absolute atomic E-state index is 0.215. The lowest BCUT2D eigenvalue weighted by Gasteiger charge is -2.38. The number of rotatable bonds is 7. The number of halogens is 1. The van der Waals surface area contributed by atoms with E-state index in [0.717, 1.165) is 48.8 Å². The van der Waals surface area contributed by atoms with Crippen LogP contribution in [0.2, 0.25) is 0 Å². The number of nitrogens with zero attached hydrogens (tertiary/aromatic N) is 5. The number of ether oxygens (including phenoxy) is 1. The van der Waals surface area contributed by atoms with Gasteiger partial charge in [-0.1, -0.05) is 36.4 Å². The van der Waals surface area contributed by atoms with Gasteiger partial charge in [0.25, 0.3) is 0 Å². The highest BCUT2D eigenvalue weighted by molar-refractivity contribution is 7.99. The zero-order chi connectivity index (χ0) is 28.1. The standard InChI is InChI=1S/C30H30FN7OS2/c31-24-8-6-23(7-9-24)30(11-16-39-17-12-30)20-34-28(40)37-27-35-25(18-26(36-27)41-29-32-13-3-14-33-29)38-15-10-21-4-1-2-5-22(21)19-38/h1-9,13-14,18H,10-12,15-17,19-20H2,(H2,34,35,36,37,40). The summed E-state index contributed by atoms with van der Waals surface area (Å²) in [6, 6.07) is 19.0. The van der Waals surface area contributed by atoms with Crippen molar-refractivity contribution in [3.8, 4) is 0 Å². The van der Waals surface area contributed by atoms with E-state index >= 15 is 0 Å². The van der Waals surface area contributed by atoms with E-state index in [0.29, 0.717) is 36.0 Å². The molecule has 11 heteroatoms. The van der Waals surface area contributed by atoms with Crippen LogP contribution in [-0.4, -0.2) is 51.4 Å². The normalized spacial score (nSPS) is 16.1. The van der Waals surface area contributed by atoms with E-state index in [-0.39, 0.29) is 11.2 Å².